The first-order valence-electron chi connectivity index (χ1n) is 7.20. The molecular weight excluding hydrogens is 285 g/mol. The lowest BCUT2D eigenvalue weighted by molar-refractivity contribution is 0.0922. The van der Waals surface area contributed by atoms with Crippen LogP contribution in [-0.4, -0.2) is 33.4 Å². The number of benzene rings is 1. The molecule has 1 atom stereocenters. The molecular formula is C16H20FN3O2. The van der Waals surface area contributed by atoms with Gasteiger partial charge in [0.05, 0.1) is 29.2 Å². The third-order valence-corrected chi connectivity index (χ3v) is 3.23. The Morgan fingerprint density at radius 2 is 1.95 bits per heavy atom. The molecule has 0 saturated carbocycles. The van der Waals surface area contributed by atoms with E-state index in [0.717, 1.165) is 5.69 Å². The Morgan fingerprint density at radius 1 is 1.32 bits per heavy atom. The molecule has 0 bridgehead atoms. The summed E-state index contributed by atoms with van der Waals surface area (Å²) in [7, 11) is 0. The van der Waals surface area contributed by atoms with Gasteiger partial charge in [-0.15, -0.1) is 0 Å². The van der Waals surface area contributed by atoms with Crippen LogP contribution >= 0.6 is 0 Å². The fourth-order valence-corrected chi connectivity index (χ4v) is 2.21. The molecule has 2 N–H and O–H groups in total. The summed E-state index contributed by atoms with van der Waals surface area (Å²) in [5.74, 6) is -0.547. The smallest absolute Gasteiger partial charge is 0.254 e. The number of aliphatic hydroxyl groups is 1. The van der Waals surface area contributed by atoms with E-state index in [2.05, 4.69) is 10.4 Å². The van der Waals surface area contributed by atoms with Crippen molar-refractivity contribution in [3.63, 3.8) is 0 Å². The monoisotopic (exact) mass is 305 g/mol. The summed E-state index contributed by atoms with van der Waals surface area (Å²) in [5.41, 5.74) is 1.90. The van der Waals surface area contributed by atoms with E-state index < -0.39 is 6.10 Å². The van der Waals surface area contributed by atoms with Gasteiger partial charge in [0.15, 0.2) is 0 Å². The normalized spacial score (nSPS) is 12.5. The van der Waals surface area contributed by atoms with Crippen molar-refractivity contribution in [3.05, 3.63) is 47.5 Å². The minimum atomic E-state index is -0.612. The summed E-state index contributed by atoms with van der Waals surface area (Å²) in [5, 5.41) is 16.2. The van der Waals surface area contributed by atoms with Gasteiger partial charge in [-0.3, -0.25) is 4.79 Å². The van der Waals surface area contributed by atoms with E-state index in [4.69, 9.17) is 0 Å². The highest BCUT2D eigenvalue weighted by Crippen LogP contribution is 2.23. The van der Waals surface area contributed by atoms with Gasteiger partial charge in [-0.05, 0) is 37.1 Å². The van der Waals surface area contributed by atoms with Crippen molar-refractivity contribution in [2.24, 2.45) is 0 Å². The minimum absolute atomic E-state index is 0.0554. The lowest BCUT2D eigenvalue weighted by Gasteiger charge is -2.13. The Morgan fingerprint density at radius 3 is 2.50 bits per heavy atom. The number of nitrogens with zero attached hydrogens (tertiary/aromatic N) is 2. The van der Waals surface area contributed by atoms with Crippen molar-refractivity contribution in [3.8, 4) is 5.69 Å². The summed E-state index contributed by atoms with van der Waals surface area (Å²) in [6.45, 7) is 5.70. The second kappa shape index (κ2) is 6.70. The van der Waals surface area contributed by atoms with E-state index in [9.17, 15) is 14.3 Å². The molecule has 118 valence electrons. The highest BCUT2D eigenvalue weighted by atomic mass is 19.1. The summed E-state index contributed by atoms with van der Waals surface area (Å²) >= 11 is 0. The molecule has 0 radical (unpaired) electrons. The predicted molar refractivity (Wildman–Crippen MR) is 81.6 cm³/mol. The molecule has 2 aromatic rings. The summed E-state index contributed by atoms with van der Waals surface area (Å²) in [6.07, 6.45) is 0.884. The van der Waals surface area contributed by atoms with Crippen LogP contribution < -0.4 is 5.32 Å². The third kappa shape index (κ3) is 3.51. The topological polar surface area (TPSA) is 67.2 Å². The Bertz CT molecular complexity index is 648. The predicted octanol–water partition coefficient (Wildman–Crippen LogP) is 2.25. The number of halogens is 1. The minimum Gasteiger partial charge on any atom is -0.392 e. The summed E-state index contributed by atoms with van der Waals surface area (Å²) in [6, 6.07) is 5.94. The Hall–Kier alpha value is -2.21. The summed E-state index contributed by atoms with van der Waals surface area (Å²) in [4.78, 5) is 12.2. The van der Waals surface area contributed by atoms with Crippen molar-refractivity contribution in [2.75, 3.05) is 6.54 Å². The maximum absolute atomic E-state index is 13.1. The highest BCUT2D eigenvalue weighted by Gasteiger charge is 2.20. The van der Waals surface area contributed by atoms with Gasteiger partial charge in [-0.2, -0.15) is 5.10 Å². The fourth-order valence-electron chi connectivity index (χ4n) is 2.21. The number of aliphatic hydroxyl groups excluding tert-OH is 1. The van der Waals surface area contributed by atoms with Crippen molar-refractivity contribution in [1.29, 1.82) is 0 Å². The van der Waals surface area contributed by atoms with Crippen molar-refractivity contribution in [1.82, 2.24) is 15.1 Å². The van der Waals surface area contributed by atoms with Gasteiger partial charge in [-0.25, -0.2) is 9.07 Å². The number of carbonyl (C=O) groups is 1. The molecule has 1 amide bonds. The highest BCUT2D eigenvalue weighted by molar-refractivity contribution is 5.95. The SMILES string of the molecule is CC(O)CNC(=O)c1cnn(-c2ccc(F)cc2)c1C(C)C. The fraction of sp³-hybridized carbons (Fsp3) is 0.375. The van der Waals surface area contributed by atoms with Crippen LogP contribution in [-0.2, 0) is 0 Å². The summed E-state index contributed by atoms with van der Waals surface area (Å²) < 4.78 is 14.7. The average molecular weight is 305 g/mol. The van der Waals surface area contributed by atoms with Crippen LogP contribution in [0.15, 0.2) is 30.5 Å². The van der Waals surface area contributed by atoms with E-state index in [1.165, 1.54) is 18.3 Å². The molecule has 0 spiro atoms. The van der Waals surface area contributed by atoms with E-state index in [-0.39, 0.29) is 24.2 Å². The van der Waals surface area contributed by atoms with Crippen molar-refractivity contribution >= 4 is 5.91 Å². The van der Waals surface area contributed by atoms with Gasteiger partial charge < -0.3 is 10.4 Å². The molecule has 5 nitrogen and oxygen atoms in total. The van der Waals surface area contributed by atoms with Crippen LogP contribution in [0.1, 0.15) is 42.7 Å². The van der Waals surface area contributed by atoms with Crippen LogP contribution in [0.5, 0.6) is 0 Å². The van der Waals surface area contributed by atoms with Crippen LogP contribution in [0.3, 0.4) is 0 Å². The maximum Gasteiger partial charge on any atom is 0.254 e. The molecule has 1 aromatic heterocycles. The van der Waals surface area contributed by atoms with Crippen molar-refractivity contribution in [2.45, 2.75) is 32.8 Å². The molecule has 1 aromatic carbocycles. The number of rotatable bonds is 5. The molecule has 0 aliphatic heterocycles. The van der Waals surface area contributed by atoms with Gasteiger partial charge in [0.25, 0.3) is 5.91 Å². The van der Waals surface area contributed by atoms with Crippen LogP contribution in [0, 0.1) is 5.82 Å². The zero-order chi connectivity index (χ0) is 16.3. The van der Waals surface area contributed by atoms with Gasteiger partial charge in [0, 0.05) is 6.54 Å². The first-order valence-corrected chi connectivity index (χ1v) is 7.20. The van der Waals surface area contributed by atoms with Crippen LogP contribution in [0.4, 0.5) is 4.39 Å². The first-order chi connectivity index (χ1) is 10.4. The number of nitrogens with one attached hydrogen (secondary N) is 1. The van der Waals surface area contributed by atoms with Gasteiger partial charge >= 0.3 is 0 Å². The molecule has 6 heteroatoms. The first kappa shape index (κ1) is 16.2. The van der Waals surface area contributed by atoms with E-state index in [1.54, 1.807) is 23.7 Å². The largest absolute Gasteiger partial charge is 0.392 e. The number of hydrogen-bond donors (Lipinski definition) is 2. The second-order valence-electron chi connectivity index (χ2n) is 5.55. The lowest BCUT2D eigenvalue weighted by atomic mass is 10.0. The van der Waals surface area contributed by atoms with Crippen molar-refractivity contribution < 1.29 is 14.3 Å². The van der Waals surface area contributed by atoms with E-state index in [0.29, 0.717) is 11.3 Å². The van der Waals surface area contributed by atoms with Crippen LogP contribution in [0.2, 0.25) is 0 Å². The molecule has 1 unspecified atom stereocenters. The molecule has 2 rings (SSSR count). The van der Waals surface area contributed by atoms with Crippen LogP contribution in [0.25, 0.3) is 5.69 Å². The quantitative estimate of drug-likeness (QED) is 0.890. The molecule has 0 aliphatic carbocycles. The lowest BCUT2D eigenvalue weighted by Crippen LogP contribution is -2.31. The van der Waals surface area contributed by atoms with Gasteiger partial charge in [-0.1, -0.05) is 13.8 Å². The number of hydrogen-bond acceptors (Lipinski definition) is 3. The van der Waals surface area contributed by atoms with E-state index >= 15 is 0 Å². The molecule has 1 heterocycles. The Kier molecular flexibility index (Phi) is 4.92. The Labute approximate surface area is 128 Å². The maximum atomic E-state index is 13.1. The van der Waals surface area contributed by atoms with Gasteiger partial charge in [0.1, 0.15) is 5.82 Å². The molecule has 0 saturated heterocycles. The third-order valence-electron chi connectivity index (χ3n) is 3.23. The number of amides is 1. The Balaban J connectivity index is 2.37. The number of carbonyl (C=O) groups excluding carboxylic acids is 1. The zero-order valence-electron chi connectivity index (χ0n) is 12.9. The standard InChI is InChI=1S/C16H20FN3O2/c1-10(2)15-14(16(22)18-8-11(3)21)9-19-20(15)13-6-4-12(17)5-7-13/h4-7,9-11,21H,8H2,1-3H3,(H,18,22). The molecule has 22 heavy (non-hydrogen) atoms. The molecule has 0 aliphatic rings. The zero-order valence-corrected chi connectivity index (χ0v) is 12.9. The van der Waals surface area contributed by atoms with Gasteiger partial charge in [0.2, 0.25) is 0 Å². The average Bonchev–Trinajstić information content (AvgIpc) is 2.90. The van der Waals surface area contributed by atoms with E-state index in [1.807, 2.05) is 13.8 Å². The number of aromatic nitrogens is 2. The molecule has 0 fully saturated rings. The second-order valence-corrected chi connectivity index (χ2v) is 5.55.